The molecule has 0 spiro atoms. The lowest BCUT2D eigenvalue weighted by Gasteiger charge is -2.09. The molecule has 0 aliphatic carbocycles. The number of sulfonamides is 1. The Morgan fingerprint density at radius 3 is 2.85 bits per heavy atom. The van der Waals surface area contributed by atoms with Crippen LogP contribution in [0.4, 0.5) is 0 Å². The molecule has 6 nitrogen and oxygen atoms in total. The average Bonchev–Trinajstić information content (AvgIpc) is 2.92. The van der Waals surface area contributed by atoms with E-state index in [2.05, 4.69) is 9.82 Å². The maximum absolute atomic E-state index is 12.2. The van der Waals surface area contributed by atoms with E-state index in [1.54, 1.807) is 41.3 Å². The lowest BCUT2D eigenvalue weighted by atomic mass is 10.1. The molecule has 1 aromatic carbocycles. The van der Waals surface area contributed by atoms with E-state index in [1.165, 1.54) is 0 Å². The van der Waals surface area contributed by atoms with E-state index in [0.717, 1.165) is 11.1 Å². The molecule has 2 aromatic rings. The van der Waals surface area contributed by atoms with E-state index in [4.69, 9.17) is 5.73 Å². The molecule has 0 fully saturated rings. The summed E-state index contributed by atoms with van der Waals surface area (Å²) in [7, 11) is -3.51. The van der Waals surface area contributed by atoms with Gasteiger partial charge in [0.2, 0.25) is 10.0 Å². The molecule has 1 heterocycles. The minimum Gasteiger partial charge on any atom is -0.326 e. The van der Waals surface area contributed by atoms with Crippen LogP contribution in [0, 0.1) is 6.92 Å². The molecule has 2 rings (SSSR count). The summed E-state index contributed by atoms with van der Waals surface area (Å²) in [6.07, 6.45) is 3.44. The molecule has 0 saturated heterocycles. The number of hydrogen-bond donors (Lipinski definition) is 2. The maximum atomic E-state index is 12.2. The summed E-state index contributed by atoms with van der Waals surface area (Å²) in [5.41, 5.74) is 7.42. The number of benzene rings is 1. The summed E-state index contributed by atoms with van der Waals surface area (Å²) >= 11 is 0. The lowest BCUT2D eigenvalue weighted by Crippen LogP contribution is -2.27. The fourth-order valence-corrected chi connectivity index (χ4v) is 2.92. The highest BCUT2D eigenvalue weighted by Gasteiger charge is 2.14. The highest BCUT2D eigenvalue weighted by molar-refractivity contribution is 7.89. The molecule has 7 heteroatoms. The Kier molecular flexibility index (Phi) is 4.53. The number of hydrogen-bond acceptors (Lipinski definition) is 4. The van der Waals surface area contributed by atoms with Crippen LogP contribution in [0.1, 0.15) is 11.1 Å². The first-order valence-electron chi connectivity index (χ1n) is 6.29. The smallest absolute Gasteiger partial charge is 0.240 e. The number of nitrogens with zero attached hydrogens (tertiary/aromatic N) is 2. The zero-order valence-electron chi connectivity index (χ0n) is 11.3. The largest absolute Gasteiger partial charge is 0.326 e. The van der Waals surface area contributed by atoms with Crippen molar-refractivity contribution < 1.29 is 8.42 Å². The molecule has 0 amide bonds. The van der Waals surface area contributed by atoms with Gasteiger partial charge < -0.3 is 5.73 Å². The third-order valence-corrected chi connectivity index (χ3v) is 4.50. The molecule has 0 bridgehead atoms. The first-order valence-corrected chi connectivity index (χ1v) is 7.78. The van der Waals surface area contributed by atoms with Crippen LogP contribution in [-0.2, 0) is 23.1 Å². The lowest BCUT2D eigenvalue weighted by molar-refractivity contribution is 0.560. The van der Waals surface area contributed by atoms with Crippen LogP contribution >= 0.6 is 0 Å². The van der Waals surface area contributed by atoms with Crippen LogP contribution in [-0.4, -0.2) is 24.7 Å². The van der Waals surface area contributed by atoms with Crippen molar-refractivity contribution >= 4 is 10.0 Å². The molecule has 0 radical (unpaired) electrons. The Bertz CT molecular complexity index is 666. The molecule has 0 atom stereocenters. The number of aryl methyl sites for hydroxylation is 1. The number of rotatable bonds is 6. The van der Waals surface area contributed by atoms with E-state index < -0.39 is 10.0 Å². The van der Waals surface area contributed by atoms with Crippen molar-refractivity contribution in [3.63, 3.8) is 0 Å². The Morgan fingerprint density at radius 2 is 2.20 bits per heavy atom. The summed E-state index contributed by atoms with van der Waals surface area (Å²) in [5, 5.41) is 4.01. The van der Waals surface area contributed by atoms with Gasteiger partial charge in [-0.3, -0.25) is 4.68 Å². The van der Waals surface area contributed by atoms with Gasteiger partial charge in [0, 0.05) is 25.5 Å². The van der Waals surface area contributed by atoms with Crippen LogP contribution in [0.15, 0.2) is 41.6 Å². The van der Waals surface area contributed by atoms with Crippen molar-refractivity contribution in [3.05, 3.63) is 47.8 Å². The quantitative estimate of drug-likeness (QED) is 0.817. The van der Waals surface area contributed by atoms with Gasteiger partial charge in [0.15, 0.2) is 0 Å². The standard InChI is InChI=1S/C13H18N4O2S/c1-11-3-4-13(9-12(11)10-14)20(18,19)16-6-8-17-7-2-5-15-17/h2-5,7,9,16H,6,8,10,14H2,1H3. The molecule has 0 saturated carbocycles. The zero-order valence-corrected chi connectivity index (χ0v) is 12.1. The van der Waals surface area contributed by atoms with Gasteiger partial charge >= 0.3 is 0 Å². The SMILES string of the molecule is Cc1ccc(S(=O)(=O)NCCn2cccn2)cc1CN. The molecule has 0 aliphatic rings. The van der Waals surface area contributed by atoms with Crippen LogP contribution in [0.3, 0.4) is 0 Å². The Morgan fingerprint density at radius 1 is 1.40 bits per heavy atom. The van der Waals surface area contributed by atoms with Crippen molar-refractivity contribution in [3.8, 4) is 0 Å². The summed E-state index contributed by atoms with van der Waals surface area (Å²) in [6.45, 7) is 3.00. The minimum absolute atomic E-state index is 0.240. The molecule has 0 aliphatic heterocycles. The van der Waals surface area contributed by atoms with Gasteiger partial charge in [-0.25, -0.2) is 13.1 Å². The van der Waals surface area contributed by atoms with Gasteiger partial charge in [0.25, 0.3) is 0 Å². The zero-order chi connectivity index (χ0) is 14.6. The summed E-state index contributed by atoms with van der Waals surface area (Å²) < 4.78 is 28.5. The van der Waals surface area contributed by atoms with Gasteiger partial charge in [-0.2, -0.15) is 5.10 Å². The molecule has 3 N–H and O–H groups in total. The summed E-state index contributed by atoms with van der Waals surface area (Å²) in [4.78, 5) is 0.240. The van der Waals surface area contributed by atoms with Gasteiger partial charge in [-0.15, -0.1) is 0 Å². The maximum Gasteiger partial charge on any atom is 0.240 e. The molecule has 1 aromatic heterocycles. The topological polar surface area (TPSA) is 90.0 Å². The first-order chi connectivity index (χ1) is 9.53. The number of nitrogens with one attached hydrogen (secondary N) is 1. The first kappa shape index (κ1) is 14.7. The highest BCUT2D eigenvalue weighted by atomic mass is 32.2. The monoisotopic (exact) mass is 294 g/mol. The van der Waals surface area contributed by atoms with Crippen molar-refractivity contribution in [1.29, 1.82) is 0 Å². The highest BCUT2D eigenvalue weighted by Crippen LogP contribution is 2.15. The molecular weight excluding hydrogens is 276 g/mol. The molecule has 0 unspecified atom stereocenters. The van der Waals surface area contributed by atoms with Gasteiger partial charge in [-0.1, -0.05) is 6.07 Å². The van der Waals surface area contributed by atoms with E-state index >= 15 is 0 Å². The third kappa shape index (κ3) is 3.44. The predicted octanol–water partition coefficient (Wildman–Crippen LogP) is 0.629. The summed E-state index contributed by atoms with van der Waals surface area (Å²) in [6, 6.07) is 6.77. The Hall–Kier alpha value is -1.70. The van der Waals surface area contributed by atoms with Crippen molar-refractivity contribution in [2.75, 3.05) is 6.54 Å². The van der Waals surface area contributed by atoms with Crippen molar-refractivity contribution in [1.82, 2.24) is 14.5 Å². The van der Waals surface area contributed by atoms with Gasteiger partial charge in [0.1, 0.15) is 0 Å². The van der Waals surface area contributed by atoms with E-state index in [1.807, 2.05) is 6.92 Å². The van der Waals surface area contributed by atoms with E-state index in [-0.39, 0.29) is 11.4 Å². The van der Waals surface area contributed by atoms with Crippen molar-refractivity contribution in [2.24, 2.45) is 5.73 Å². The van der Waals surface area contributed by atoms with Gasteiger partial charge in [0.05, 0.1) is 11.4 Å². The van der Waals surface area contributed by atoms with Crippen LogP contribution in [0.2, 0.25) is 0 Å². The van der Waals surface area contributed by atoms with Crippen molar-refractivity contribution in [2.45, 2.75) is 24.9 Å². The fourth-order valence-electron chi connectivity index (χ4n) is 1.85. The normalized spacial score (nSPS) is 11.7. The predicted molar refractivity (Wildman–Crippen MR) is 76.5 cm³/mol. The number of nitrogens with two attached hydrogens (primary N) is 1. The Labute approximate surface area is 118 Å². The number of aromatic nitrogens is 2. The van der Waals surface area contributed by atoms with Crippen LogP contribution < -0.4 is 10.5 Å². The third-order valence-electron chi connectivity index (χ3n) is 3.04. The second-order valence-electron chi connectivity index (χ2n) is 4.46. The second kappa shape index (κ2) is 6.17. The van der Waals surface area contributed by atoms with Crippen LogP contribution in [0.5, 0.6) is 0 Å². The van der Waals surface area contributed by atoms with E-state index in [0.29, 0.717) is 13.1 Å². The fraction of sp³-hybridized carbons (Fsp3) is 0.308. The molecular formula is C13H18N4O2S. The minimum atomic E-state index is -3.51. The van der Waals surface area contributed by atoms with E-state index in [9.17, 15) is 8.42 Å². The molecule has 108 valence electrons. The van der Waals surface area contributed by atoms with Gasteiger partial charge in [-0.05, 0) is 36.2 Å². The second-order valence-corrected chi connectivity index (χ2v) is 6.23. The Balaban J connectivity index is 2.06. The summed E-state index contributed by atoms with van der Waals surface area (Å²) in [5.74, 6) is 0. The molecule has 20 heavy (non-hydrogen) atoms. The van der Waals surface area contributed by atoms with Crippen LogP contribution in [0.25, 0.3) is 0 Å². The average molecular weight is 294 g/mol.